The largest absolute Gasteiger partial charge is 0.463 e. The van der Waals surface area contributed by atoms with Crippen molar-refractivity contribution in [2.75, 3.05) is 27.2 Å². The molecule has 0 aliphatic carbocycles. The van der Waals surface area contributed by atoms with E-state index < -0.39 is 17.9 Å². The van der Waals surface area contributed by atoms with Gasteiger partial charge in [-0.05, 0) is 20.5 Å². The molecule has 0 spiro atoms. The number of nitrogens with zero attached hydrogens (tertiary/aromatic N) is 1. The Morgan fingerprint density at radius 2 is 1.94 bits per heavy atom. The fourth-order valence-corrected chi connectivity index (χ4v) is 0.851. The number of ether oxygens (including phenoxy) is 1. The molecule has 0 bridgehead atoms. The lowest BCUT2D eigenvalue weighted by molar-refractivity contribution is -0.145. The van der Waals surface area contributed by atoms with E-state index in [4.69, 9.17) is 16.2 Å². The molecule has 0 aliphatic rings. The highest BCUT2D eigenvalue weighted by molar-refractivity contribution is 5.85. The van der Waals surface area contributed by atoms with Crippen molar-refractivity contribution in [3.63, 3.8) is 0 Å². The second-order valence-corrected chi connectivity index (χ2v) is 3.58. The Morgan fingerprint density at radius 1 is 1.38 bits per heavy atom. The Kier molecular flexibility index (Phi) is 10.3. The van der Waals surface area contributed by atoms with E-state index in [1.165, 1.54) is 0 Å². The van der Waals surface area contributed by atoms with Gasteiger partial charge >= 0.3 is 5.97 Å². The maximum absolute atomic E-state index is 11.2. The van der Waals surface area contributed by atoms with E-state index in [0.717, 1.165) is 0 Å². The lowest BCUT2D eigenvalue weighted by Crippen LogP contribution is -2.34. The van der Waals surface area contributed by atoms with Crippen LogP contribution in [0.5, 0.6) is 0 Å². The molecule has 0 fully saturated rings. The SMILES string of the molecule is CN(C)CCOC(=O)[C@@H](N)CCC(N)=O.Cl. The number of rotatable bonds is 7. The van der Waals surface area contributed by atoms with Crippen molar-refractivity contribution in [1.82, 2.24) is 4.90 Å². The minimum Gasteiger partial charge on any atom is -0.463 e. The molecule has 96 valence electrons. The van der Waals surface area contributed by atoms with Gasteiger partial charge in [0, 0.05) is 13.0 Å². The summed E-state index contributed by atoms with van der Waals surface area (Å²) in [7, 11) is 3.75. The summed E-state index contributed by atoms with van der Waals surface area (Å²) in [5, 5.41) is 0. The summed E-state index contributed by atoms with van der Waals surface area (Å²) in [6.07, 6.45) is 0.333. The molecule has 0 aliphatic heterocycles. The minimum atomic E-state index is -0.764. The highest BCUT2D eigenvalue weighted by Crippen LogP contribution is 1.96. The Bertz CT molecular complexity index is 224. The van der Waals surface area contributed by atoms with Gasteiger partial charge in [0.05, 0.1) is 0 Å². The van der Waals surface area contributed by atoms with E-state index in [2.05, 4.69) is 0 Å². The van der Waals surface area contributed by atoms with Gasteiger partial charge in [-0.25, -0.2) is 0 Å². The standard InChI is InChI=1S/C9H19N3O3.ClH/c1-12(2)5-6-15-9(14)7(10)3-4-8(11)13;/h7H,3-6,10H2,1-2H3,(H2,11,13);1H/t7-;/m0./s1. The van der Waals surface area contributed by atoms with E-state index in [-0.39, 0.29) is 25.2 Å². The van der Waals surface area contributed by atoms with Gasteiger partial charge in [0.2, 0.25) is 5.91 Å². The number of likely N-dealkylation sites (N-methyl/N-ethyl adjacent to an activating group) is 1. The fourth-order valence-electron chi connectivity index (χ4n) is 0.851. The third-order valence-electron chi connectivity index (χ3n) is 1.79. The van der Waals surface area contributed by atoms with Crippen molar-refractivity contribution in [2.24, 2.45) is 11.5 Å². The Labute approximate surface area is 102 Å². The van der Waals surface area contributed by atoms with Gasteiger partial charge in [-0.15, -0.1) is 12.4 Å². The van der Waals surface area contributed by atoms with Crippen LogP contribution in [0.25, 0.3) is 0 Å². The summed E-state index contributed by atoms with van der Waals surface area (Å²) < 4.78 is 4.89. The van der Waals surface area contributed by atoms with Crippen LogP contribution in [0.4, 0.5) is 0 Å². The first-order chi connectivity index (χ1) is 6.93. The normalized spacial score (nSPS) is 11.8. The average molecular weight is 254 g/mol. The zero-order chi connectivity index (χ0) is 11.8. The molecular formula is C9H20ClN3O3. The molecule has 16 heavy (non-hydrogen) atoms. The monoisotopic (exact) mass is 253 g/mol. The van der Waals surface area contributed by atoms with Gasteiger partial charge in [0.25, 0.3) is 0 Å². The first kappa shape index (κ1) is 17.5. The van der Waals surface area contributed by atoms with E-state index in [0.29, 0.717) is 13.2 Å². The predicted octanol–water partition coefficient (Wildman–Crippen LogP) is -0.894. The molecule has 0 unspecified atom stereocenters. The highest BCUT2D eigenvalue weighted by Gasteiger charge is 2.15. The van der Waals surface area contributed by atoms with Crippen molar-refractivity contribution < 1.29 is 14.3 Å². The number of hydrogen-bond acceptors (Lipinski definition) is 5. The van der Waals surface area contributed by atoms with Gasteiger partial charge in [0.1, 0.15) is 12.6 Å². The summed E-state index contributed by atoms with van der Waals surface area (Å²) in [5.41, 5.74) is 10.4. The molecule has 1 atom stereocenters. The molecule has 0 saturated carbocycles. The first-order valence-corrected chi connectivity index (χ1v) is 4.78. The van der Waals surface area contributed by atoms with Crippen LogP contribution in [0.15, 0.2) is 0 Å². The Balaban J connectivity index is 0. The summed E-state index contributed by atoms with van der Waals surface area (Å²) in [4.78, 5) is 23.5. The van der Waals surface area contributed by atoms with Crippen LogP contribution in [0.3, 0.4) is 0 Å². The lowest BCUT2D eigenvalue weighted by atomic mass is 10.1. The average Bonchev–Trinajstić information content (AvgIpc) is 2.13. The van der Waals surface area contributed by atoms with Crippen molar-refractivity contribution >= 4 is 24.3 Å². The highest BCUT2D eigenvalue weighted by atomic mass is 35.5. The molecule has 0 aromatic heterocycles. The zero-order valence-corrected chi connectivity index (χ0v) is 10.5. The number of nitrogens with two attached hydrogens (primary N) is 2. The topological polar surface area (TPSA) is 98.7 Å². The number of esters is 1. The second kappa shape index (κ2) is 9.38. The van der Waals surface area contributed by atoms with Crippen molar-refractivity contribution in [1.29, 1.82) is 0 Å². The number of hydrogen-bond donors (Lipinski definition) is 2. The molecule has 0 rings (SSSR count). The molecule has 0 radical (unpaired) electrons. The molecule has 0 aromatic rings. The van der Waals surface area contributed by atoms with Crippen LogP contribution in [0, 0.1) is 0 Å². The minimum absolute atomic E-state index is 0. The predicted molar refractivity (Wildman–Crippen MR) is 63.2 cm³/mol. The van der Waals surface area contributed by atoms with Gasteiger partial charge in [-0.1, -0.05) is 0 Å². The Morgan fingerprint density at radius 3 is 2.38 bits per heavy atom. The van der Waals surface area contributed by atoms with Crippen LogP contribution in [-0.4, -0.2) is 50.1 Å². The molecule has 0 heterocycles. The molecule has 7 heteroatoms. The summed E-state index contributed by atoms with van der Waals surface area (Å²) in [6, 6.07) is -0.764. The fraction of sp³-hybridized carbons (Fsp3) is 0.778. The third kappa shape index (κ3) is 9.70. The van der Waals surface area contributed by atoms with Crippen molar-refractivity contribution in [3.8, 4) is 0 Å². The smallest absolute Gasteiger partial charge is 0.322 e. The summed E-state index contributed by atoms with van der Waals surface area (Å²) >= 11 is 0. The van der Waals surface area contributed by atoms with Crippen LogP contribution in [0.2, 0.25) is 0 Å². The second-order valence-electron chi connectivity index (χ2n) is 3.58. The van der Waals surface area contributed by atoms with E-state index in [1.54, 1.807) is 0 Å². The van der Waals surface area contributed by atoms with Gasteiger partial charge in [-0.3, -0.25) is 9.59 Å². The zero-order valence-electron chi connectivity index (χ0n) is 9.64. The van der Waals surface area contributed by atoms with Crippen LogP contribution >= 0.6 is 12.4 Å². The van der Waals surface area contributed by atoms with E-state index in [1.807, 2.05) is 19.0 Å². The number of carbonyl (C=O) groups is 2. The number of amides is 1. The molecular weight excluding hydrogens is 234 g/mol. The van der Waals surface area contributed by atoms with Gasteiger partial charge in [-0.2, -0.15) is 0 Å². The van der Waals surface area contributed by atoms with Crippen LogP contribution < -0.4 is 11.5 Å². The Hall–Kier alpha value is -0.850. The third-order valence-corrected chi connectivity index (χ3v) is 1.79. The molecule has 1 amide bonds. The molecule has 6 nitrogen and oxygen atoms in total. The van der Waals surface area contributed by atoms with E-state index >= 15 is 0 Å². The summed E-state index contributed by atoms with van der Waals surface area (Å²) in [5.74, 6) is -0.954. The van der Waals surface area contributed by atoms with Crippen molar-refractivity contribution in [2.45, 2.75) is 18.9 Å². The molecule has 0 aromatic carbocycles. The number of halogens is 1. The quantitative estimate of drug-likeness (QED) is 0.574. The maximum atomic E-state index is 11.2. The van der Waals surface area contributed by atoms with Gasteiger partial charge in [0.15, 0.2) is 0 Å². The number of primary amides is 1. The van der Waals surface area contributed by atoms with Crippen LogP contribution in [-0.2, 0) is 14.3 Å². The van der Waals surface area contributed by atoms with E-state index in [9.17, 15) is 9.59 Å². The lowest BCUT2D eigenvalue weighted by Gasteiger charge is -2.13. The van der Waals surface area contributed by atoms with Gasteiger partial charge < -0.3 is 21.1 Å². The van der Waals surface area contributed by atoms with Crippen molar-refractivity contribution in [3.05, 3.63) is 0 Å². The maximum Gasteiger partial charge on any atom is 0.322 e. The first-order valence-electron chi connectivity index (χ1n) is 4.78. The number of carbonyl (C=O) groups excluding carboxylic acids is 2. The molecule has 4 N–H and O–H groups in total. The summed E-state index contributed by atoms with van der Waals surface area (Å²) in [6.45, 7) is 0.949. The van der Waals surface area contributed by atoms with Crippen LogP contribution in [0.1, 0.15) is 12.8 Å². The molecule has 0 saturated heterocycles.